The Labute approximate surface area is 119 Å². The van der Waals surface area contributed by atoms with Crippen LogP contribution in [0.15, 0.2) is 34.9 Å². The first kappa shape index (κ1) is 13.3. The summed E-state index contributed by atoms with van der Waals surface area (Å²) in [6.45, 7) is 4.27. The molecule has 0 radical (unpaired) electrons. The molecule has 0 spiro atoms. The van der Waals surface area contributed by atoms with Gasteiger partial charge >= 0.3 is 0 Å². The summed E-state index contributed by atoms with van der Waals surface area (Å²) in [5.41, 5.74) is 1.21. The highest BCUT2D eigenvalue weighted by Gasteiger charge is 2.07. The molecular formula is C13H12BrClN2O. The zero-order valence-electron chi connectivity index (χ0n) is 10.0. The normalized spacial score (nSPS) is 10.7. The summed E-state index contributed by atoms with van der Waals surface area (Å²) in [6, 6.07) is 7.91. The number of nitrogens with zero attached hydrogens (tertiary/aromatic N) is 2. The van der Waals surface area contributed by atoms with Gasteiger partial charge in [0, 0.05) is 6.20 Å². The van der Waals surface area contributed by atoms with Gasteiger partial charge in [0.25, 0.3) is 0 Å². The second-order valence-corrected chi connectivity index (χ2v) is 5.31. The molecule has 0 aliphatic carbocycles. The van der Waals surface area contributed by atoms with Crippen LogP contribution in [-0.4, -0.2) is 9.97 Å². The predicted molar refractivity (Wildman–Crippen MR) is 75.3 cm³/mol. The van der Waals surface area contributed by atoms with Crippen LogP contribution in [0.1, 0.15) is 25.3 Å². The molecule has 5 heteroatoms. The minimum absolute atomic E-state index is 0.160. The minimum atomic E-state index is 0.160. The van der Waals surface area contributed by atoms with E-state index in [4.69, 9.17) is 16.3 Å². The van der Waals surface area contributed by atoms with Gasteiger partial charge in [0.15, 0.2) is 0 Å². The quantitative estimate of drug-likeness (QED) is 0.759. The van der Waals surface area contributed by atoms with Crippen LogP contribution in [0.3, 0.4) is 0 Å². The molecule has 0 saturated heterocycles. The molecule has 0 aliphatic rings. The lowest BCUT2D eigenvalue weighted by Gasteiger charge is -2.09. The summed E-state index contributed by atoms with van der Waals surface area (Å²) >= 11 is 9.07. The first-order chi connectivity index (χ1) is 8.56. The van der Waals surface area contributed by atoms with Gasteiger partial charge < -0.3 is 4.74 Å². The van der Waals surface area contributed by atoms with Crippen molar-refractivity contribution in [3.8, 4) is 11.6 Å². The van der Waals surface area contributed by atoms with Gasteiger partial charge in [-0.25, -0.2) is 4.98 Å². The summed E-state index contributed by atoms with van der Waals surface area (Å²) in [5, 5.41) is 0.160. The van der Waals surface area contributed by atoms with E-state index in [9.17, 15) is 0 Å². The Morgan fingerprint density at radius 1 is 1.33 bits per heavy atom. The number of hydrogen-bond donors (Lipinski definition) is 0. The van der Waals surface area contributed by atoms with Crippen molar-refractivity contribution in [2.24, 2.45) is 0 Å². The number of benzene rings is 1. The molecule has 0 unspecified atom stereocenters. The molecule has 0 bridgehead atoms. The van der Waals surface area contributed by atoms with Crippen LogP contribution in [0, 0.1) is 0 Å². The zero-order chi connectivity index (χ0) is 13.1. The van der Waals surface area contributed by atoms with Crippen molar-refractivity contribution in [3.63, 3.8) is 0 Å². The molecule has 1 heterocycles. The molecule has 0 N–H and O–H groups in total. The van der Waals surface area contributed by atoms with Crippen LogP contribution in [0.5, 0.6) is 11.6 Å². The molecule has 0 aliphatic heterocycles. The Bertz CT molecular complexity index is 560. The lowest BCUT2D eigenvalue weighted by atomic mass is 10.0. The van der Waals surface area contributed by atoms with Gasteiger partial charge in [-0.1, -0.05) is 26.0 Å². The third-order valence-electron chi connectivity index (χ3n) is 2.42. The Hall–Kier alpha value is -1.13. The molecule has 3 nitrogen and oxygen atoms in total. The van der Waals surface area contributed by atoms with Crippen molar-refractivity contribution in [2.45, 2.75) is 19.8 Å². The van der Waals surface area contributed by atoms with E-state index in [2.05, 4.69) is 45.8 Å². The molecule has 1 aromatic heterocycles. The number of aromatic nitrogens is 2. The SMILES string of the molecule is CC(C)c1cccc(Oc2nc(Cl)ncc2Br)c1. The maximum atomic E-state index is 5.74. The molecule has 0 fully saturated rings. The Morgan fingerprint density at radius 3 is 2.83 bits per heavy atom. The van der Waals surface area contributed by atoms with E-state index < -0.39 is 0 Å². The fourth-order valence-electron chi connectivity index (χ4n) is 1.45. The summed E-state index contributed by atoms with van der Waals surface area (Å²) in [5.74, 6) is 1.60. The fourth-order valence-corrected chi connectivity index (χ4v) is 1.85. The molecule has 18 heavy (non-hydrogen) atoms. The molecule has 0 amide bonds. The van der Waals surface area contributed by atoms with Gasteiger partial charge in [-0.2, -0.15) is 4.98 Å². The van der Waals surface area contributed by atoms with Crippen LogP contribution in [0.25, 0.3) is 0 Å². The second kappa shape index (κ2) is 5.67. The molecule has 0 atom stereocenters. The molecule has 2 aromatic rings. The van der Waals surface area contributed by atoms with Gasteiger partial charge in [-0.15, -0.1) is 0 Å². The van der Waals surface area contributed by atoms with E-state index in [0.29, 0.717) is 16.3 Å². The highest BCUT2D eigenvalue weighted by Crippen LogP contribution is 2.29. The van der Waals surface area contributed by atoms with E-state index in [1.165, 1.54) is 5.56 Å². The van der Waals surface area contributed by atoms with Crippen molar-refractivity contribution >= 4 is 27.5 Å². The third kappa shape index (κ3) is 3.21. The summed E-state index contributed by atoms with van der Waals surface area (Å²) in [7, 11) is 0. The molecule has 1 aromatic carbocycles. The van der Waals surface area contributed by atoms with Gasteiger partial charge in [0.2, 0.25) is 11.2 Å². The van der Waals surface area contributed by atoms with E-state index in [-0.39, 0.29) is 5.28 Å². The monoisotopic (exact) mass is 326 g/mol. The van der Waals surface area contributed by atoms with E-state index in [1.54, 1.807) is 6.20 Å². The van der Waals surface area contributed by atoms with Gasteiger partial charge in [-0.05, 0) is 51.1 Å². The van der Waals surface area contributed by atoms with Gasteiger partial charge in [0.1, 0.15) is 5.75 Å². The average molecular weight is 328 g/mol. The lowest BCUT2D eigenvalue weighted by molar-refractivity contribution is 0.457. The Balaban J connectivity index is 2.28. The first-order valence-electron chi connectivity index (χ1n) is 5.52. The van der Waals surface area contributed by atoms with Crippen molar-refractivity contribution in [1.29, 1.82) is 0 Å². The zero-order valence-corrected chi connectivity index (χ0v) is 12.4. The molecule has 94 valence electrons. The Morgan fingerprint density at radius 2 is 2.11 bits per heavy atom. The highest BCUT2D eigenvalue weighted by atomic mass is 79.9. The first-order valence-corrected chi connectivity index (χ1v) is 6.69. The third-order valence-corrected chi connectivity index (χ3v) is 3.15. The van der Waals surface area contributed by atoms with Crippen LogP contribution in [0.4, 0.5) is 0 Å². The second-order valence-electron chi connectivity index (χ2n) is 4.12. The van der Waals surface area contributed by atoms with Crippen molar-refractivity contribution in [3.05, 3.63) is 45.8 Å². The largest absolute Gasteiger partial charge is 0.438 e. The molecule has 0 saturated carbocycles. The number of ether oxygens (including phenoxy) is 1. The van der Waals surface area contributed by atoms with Crippen molar-refractivity contribution < 1.29 is 4.74 Å². The van der Waals surface area contributed by atoms with Crippen LogP contribution < -0.4 is 4.74 Å². The van der Waals surface area contributed by atoms with Crippen molar-refractivity contribution in [1.82, 2.24) is 9.97 Å². The highest BCUT2D eigenvalue weighted by molar-refractivity contribution is 9.10. The van der Waals surface area contributed by atoms with Gasteiger partial charge in [-0.3, -0.25) is 0 Å². The van der Waals surface area contributed by atoms with Crippen LogP contribution in [-0.2, 0) is 0 Å². The standard InChI is InChI=1S/C13H12BrClN2O/c1-8(2)9-4-3-5-10(6-9)18-12-11(14)7-16-13(15)17-12/h3-8H,1-2H3. The predicted octanol–water partition coefficient (Wildman–Crippen LogP) is 4.81. The molecular weight excluding hydrogens is 316 g/mol. The maximum Gasteiger partial charge on any atom is 0.237 e. The maximum absolute atomic E-state index is 5.74. The average Bonchev–Trinajstić information content (AvgIpc) is 2.34. The number of halogens is 2. The number of rotatable bonds is 3. The summed E-state index contributed by atoms with van der Waals surface area (Å²) in [4.78, 5) is 7.88. The van der Waals surface area contributed by atoms with Crippen LogP contribution in [0.2, 0.25) is 5.28 Å². The van der Waals surface area contributed by atoms with E-state index in [1.807, 2.05) is 18.2 Å². The number of hydrogen-bond acceptors (Lipinski definition) is 3. The smallest absolute Gasteiger partial charge is 0.237 e. The van der Waals surface area contributed by atoms with E-state index >= 15 is 0 Å². The Kier molecular flexibility index (Phi) is 4.19. The van der Waals surface area contributed by atoms with Crippen molar-refractivity contribution in [2.75, 3.05) is 0 Å². The fraction of sp³-hybridized carbons (Fsp3) is 0.231. The minimum Gasteiger partial charge on any atom is -0.438 e. The molecule has 2 rings (SSSR count). The van der Waals surface area contributed by atoms with E-state index in [0.717, 1.165) is 5.75 Å². The van der Waals surface area contributed by atoms with Gasteiger partial charge in [0.05, 0.1) is 4.47 Å². The summed E-state index contributed by atoms with van der Waals surface area (Å²) < 4.78 is 6.37. The van der Waals surface area contributed by atoms with Crippen LogP contribution >= 0.6 is 27.5 Å². The summed E-state index contributed by atoms with van der Waals surface area (Å²) in [6.07, 6.45) is 1.57. The lowest BCUT2D eigenvalue weighted by Crippen LogP contribution is -1.93. The topological polar surface area (TPSA) is 35.0 Å².